The molecule has 0 aromatic carbocycles. The molecule has 134 valence electrons. The number of likely N-dealkylation sites (tertiary alicyclic amines) is 1. The number of aromatic nitrogens is 2. The van der Waals surface area contributed by atoms with Crippen molar-refractivity contribution in [1.29, 1.82) is 0 Å². The number of thiophene rings is 1. The molecule has 1 aliphatic heterocycles. The number of fused-ring (bicyclic) bond motifs is 1. The molecule has 26 heavy (non-hydrogen) atoms. The topological polar surface area (TPSA) is 46.1 Å². The molecule has 4 heterocycles. The molecule has 4 rings (SSSR count). The van der Waals surface area contributed by atoms with Gasteiger partial charge >= 0.3 is 0 Å². The van der Waals surface area contributed by atoms with Crippen molar-refractivity contribution in [2.45, 2.75) is 38.5 Å². The van der Waals surface area contributed by atoms with E-state index in [1.165, 1.54) is 10.4 Å². The van der Waals surface area contributed by atoms with Gasteiger partial charge in [-0.15, -0.1) is 11.3 Å². The summed E-state index contributed by atoms with van der Waals surface area (Å²) in [5.74, 6) is 0.703. The molecule has 0 spiro atoms. The van der Waals surface area contributed by atoms with Gasteiger partial charge in [0.25, 0.3) is 0 Å². The highest BCUT2D eigenvalue weighted by Crippen LogP contribution is 2.28. The first-order valence-corrected chi connectivity index (χ1v) is 10.1. The Labute approximate surface area is 157 Å². The van der Waals surface area contributed by atoms with Crippen molar-refractivity contribution in [2.75, 3.05) is 13.1 Å². The second-order valence-electron chi connectivity index (χ2n) is 6.97. The lowest BCUT2D eigenvalue weighted by molar-refractivity contribution is -0.132. The highest BCUT2D eigenvalue weighted by molar-refractivity contribution is 7.10. The molecule has 5 heteroatoms. The summed E-state index contributed by atoms with van der Waals surface area (Å²) in [5.41, 5.74) is 3.23. The third kappa shape index (κ3) is 3.63. The lowest BCUT2D eigenvalue weighted by atomic mass is 9.92. The van der Waals surface area contributed by atoms with E-state index in [-0.39, 0.29) is 5.91 Å². The first-order chi connectivity index (χ1) is 12.7. The molecule has 1 fully saturated rings. The van der Waals surface area contributed by atoms with Crippen LogP contribution >= 0.6 is 11.3 Å². The van der Waals surface area contributed by atoms with E-state index in [0.29, 0.717) is 12.3 Å². The fourth-order valence-corrected chi connectivity index (χ4v) is 4.57. The lowest BCUT2D eigenvalue weighted by Crippen LogP contribution is -2.38. The smallest absolute Gasteiger partial charge is 0.222 e. The minimum absolute atomic E-state index is 0.282. The number of carbonyl (C=O) groups excluding carboxylic acids is 1. The highest BCUT2D eigenvalue weighted by atomic mass is 32.1. The summed E-state index contributed by atoms with van der Waals surface area (Å²) in [4.78, 5) is 25.0. The van der Waals surface area contributed by atoms with E-state index in [1.807, 2.05) is 17.0 Å². The molecule has 1 amide bonds. The van der Waals surface area contributed by atoms with E-state index in [2.05, 4.69) is 35.5 Å². The first kappa shape index (κ1) is 17.2. The molecule has 0 saturated carbocycles. The van der Waals surface area contributed by atoms with E-state index in [4.69, 9.17) is 4.98 Å². The Hall–Kier alpha value is -2.27. The lowest BCUT2D eigenvalue weighted by Gasteiger charge is -2.32. The molecule has 0 unspecified atom stereocenters. The van der Waals surface area contributed by atoms with Crippen molar-refractivity contribution < 1.29 is 4.79 Å². The van der Waals surface area contributed by atoms with Crippen LogP contribution in [0.2, 0.25) is 0 Å². The summed E-state index contributed by atoms with van der Waals surface area (Å²) < 4.78 is 0. The quantitative estimate of drug-likeness (QED) is 0.691. The first-order valence-electron chi connectivity index (χ1n) is 9.23. The number of carbonyl (C=O) groups is 1. The number of rotatable bonds is 4. The maximum absolute atomic E-state index is 12.5. The second-order valence-corrected chi connectivity index (χ2v) is 7.97. The highest BCUT2D eigenvalue weighted by Gasteiger charge is 2.24. The normalized spacial score (nSPS) is 15.5. The van der Waals surface area contributed by atoms with Crippen LogP contribution in [0.25, 0.3) is 11.0 Å². The molecule has 0 aliphatic carbocycles. The zero-order valence-electron chi connectivity index (χ0n) is 15.0. The molecule has 0 bridgehead atoms. The van der Waals surface area contributed by atoms with Crippen molar-refractivity contribution in [2.24, 2.45) is 0 Å². The molecule has 0 N–H and O–H groups in total. The zero-order chi connectivity index (χ0) is 17.9. The van der Waals surface area contributed by atoms with E-state index >= 15 is 0 Å². The summed E-state index contributed by atoms with van der Waals surface area (Å²) in [6.45, 7) is 3.77. The van der Waals surface area contributed by atoms with Crippen molar-refractivity contribution in [1.82, 2.24) is 14.9 Å². The predicted octanol–water partition coefficient (Wildman–Crippen LogP) is 4.34. The summed E-state index contributed by atoms with van der Waals surface area (Å²) in [6, 6.07) is 10.3. The predicted molar refractivity (Wildman–Crippen MR) is 105 cm³/mol. The van der Waals surface area contributed by atoms with E-state index in [1.54, 1.807) is 17.5 Å². The van der Waals surface area contributed by atoms with Gasteiger partial charge in [-0.3, -0.25) is 4.79 Å². The Kier molecular flexibility index (Phi) is 4.98. The minimum atomic E-state index is 0.282. The number of hydrogen-bond acceptors (Lipinski definition) is 4. The van der Waals surface area contributed by atoms with Crippen molar-refractivity contribution in [3.8, 4) is 0 Å². The van der Waals surface area contributed by atoms with Crippen LogP contribution in [0.15, 0.2) is 41.9 Å². The molecular formula is C21H23N3OS. The minimum Gasteiger partial charge on any atom is -0.343 e. The fourth-order valence-electron chi connectivity index (χ4n) is 3.66. The van der Waals surface area contributed by atoms with Gasteiger partial charge in [0.15, 0.2) is 5.65 Å². The van der Waals surface area contributed by atoms with Crippen LogP contribution in [0.3, 0.4) is 0 Å². The van der Waals surface area contributed by atoms with Crippen LogP contribution < -0.4 is 0 Å². The number of amides is 1. The van der Waals surface area contributed by atoms with Crippen LogP contribution in [-0.4, -0.2) is 33.9 Å². The van der Waals surface area contributed by atoms with Gasteiger partial charge in [0.05, 0.1) is 0 Å². The van der Waals surface area contributed by atoms with Gasteiger partial charge < -0.3 is 4.90 Å². The SMILES string of the molecule is Cc1ccsc1CCC(=O)N1CCC(c2ccc3cccnc3n2)CC1. The number of piperidine rings is 1. The summed E-state index contributed by atoms with van der Waals surface area (Å²) in [5, 5.41) is 3.18. The van der Waals surface area contributed by atoms with Gasteiger partial charge in [0.2, 0.25) is 5.91 Å². The van der Waals surface area contributed by atoms with E-state index in [0.717, 1.165) is 49.1 Å². The molecular weight excluding hydrogens is 342 g/mol. The monoisotopic (exact) mass is 365 g/mol. The zero-order valence-corrected chi connectivity index (χ0v) is 15.8. The van der Waals surface area contributed by atoms with Gasteiger partial charge in [-0.2, -0.15) is 0 Å². The van der Waals surface area contributed by atoms with Crippen LogP contribution in [0.4, 0.5) is 0 Å². The van der Waals surface area contributed by atoms with Crippen LogP contribution in [-0.2, 0) is 11.2 Å². The average Bonchev–Trinajstić information content (AvgIpc) is 3.10. The van der Waals surface area contributed by atoms with Gasteiger partial charge in [-0.25, -0.2) is 9.97 Å². The molecule has 3 aromatic heterocycles. The van der Waals surface area contributed by atoms with Gasteiger partial charge in [0.1, 0.15) is 0 Å². The Morgan fingerprint density at radius 3 is 2.85 bits per heavy atom. The maximum atomic E-state index is 12.5. The van der Waals surface area contributed by atoms with Crippen LogP contribution in [0.1, 0.15) is 41.3 Å². The molecule has 1 aliphatic rings. The van der Waals surface area contributed by atoms with Gasteiger partial charge in [-0.05, 0) is 67.5 Å². The Bertz CT molecular complexity index is 912. The summed E-state index contributed by atoms with van der Waals surface area (Å²) in [6.07, 6.45) is 5.23. The number of pyridine rings is 2. The molecule has 0 radical (unpaired) electrons. The standard InChI is InChI=1S/C21H23N3OS/c1-15-10-14-26-19(15)6-7-20(25)24-12-8-16(9-13-24)18-5-4-17-3-2-11-22-21(17)23-18/h2-5,10-11,14,16H,6-9,12-13H2,1H3. The Balaban J connectivity index is 1.34. The Morgan fingerprint density at radius 2 is 2.08 bits per heavy atom. The van der Waals surface area contributed by atoms with E-state index < -0.39 is 0 Å². The second kappa shape index (κ2) is 7.54. The third-order valence-corrected chi connectivity index (χ3v) is 6.37. The summed E-state index contributed by atoms with van der Waals surface area (Å²) >= 11 is 1.75. The average molecular weight is 366 g/mol. The maximum Gasteiger partial charge on any atom is 0.222 e. The summed E-state index contributed by atoms with van der Waals surface area (Å²) in [7, 11) is 0. The van der Waals surface area contributed by atoms with Crippen molar-refractivity contribution in [3.05, 3.63) is 58.0 Å². The van der Waals surface area contributed by atoms with Crippen molar-refractivity contribution >= 4 is 28.3 Å². The Morgan fingerprint density at radius 1 is 1.23 bits per heavy atom. The van der Waals surface area contributed by atoms with E-state index in [9.17, 15) is 4.79 Å². The largest absolute Gasteiger partial charge is 0.343 e. The molecule has 4 nitrogen and oxygen atoms in total. The van der Waals surface area contributed by atoms with Gasteiger partial charge in [0, 0.05) is 47.6 Å². The molecule has 0 atom stereocenters. The van der Waals surface area contributed by atoms with Crippen LogP contribution in [0, 0.1) is 6.92 Å². The van der Waals surface area contributed by atoms with Crippen molar-refractivity contribution in [3.63, 3.8) is 0 Å². The van der Waals surface area contributed by atoms with Crippen LogP contribution in [0.5, 0.6) is 0 Å². The number of nitrogens with zero attached hydrogens (tertiary/aromatic N) is 3. The third-order valence-electron chi connectivity index (χ3n) is 5.29. The molecule has 1 saturated heterocycles. The fraction of sp³-hybridized carbons (Fsp3) is 0.381. The van der Waals surface area contributed by atoms with Gasteiger partial charge in [-0.1, -0.05) is 0 Å². The molecule has 3 aromatic rings. The number of hydrogen-bond donors (Lipinski definition) is 0. The number of aryl methyl sites for hydroxylation is 2.